The van der Waals surface area contributed by atoms with Gasteiger partial charge in [0.15, 0.2) is 0 Å². The van der Waals surface area contributed by atoms with Gasteiger partial charge in [-0.15, -0.1) is 0 Å². The Kier molecular flexibility index (Phi) is 3.13. The maximum Gasteiger partial charge on any atom is 0.0244 e. The van der Waals surface area contributed by atoms with Crippen LogP contribution in [0.5, 0.6) is 0 Å². The van der Waals surface area contributed by atoms with Crippen LogP contribution in [0.4, 0.5) is 0 Å². The predicted octanol–water partition coefficient (Wildman–Crippen LogP) is 1.70. The van der Waals surface area contributed by atoms with E-state index in [0.717, 1.165) is 24.3 Å². The van der Waals surface area contributed by atoms with Gasteiger partial charge in [-0.05, 0) is 43.6 Å². The number of rotatable bonds is 3. The lowest BCUT2D eigenvalue weighted by Gasteiger charge is -2.39. The molecule has 1 saturated carbocycles. The molecule has 14 heavy (non-hydrogen) atoms. The molecule has 4 atom stereocenters. The van der Waals surface area contributed by atoms with Crippen molar-refractivity contribution in [1.29, 1.82) is 0 Å². The molecule has 4 unspecified atom stereocenters. The first kappa shape index (κ1) is 10.4. The largest absolute Gasteiger partial charge is 0.329 e. The standard InChI is InChI=1S/C12H24N2/c1-9-4-3-5-14(12(9)7-13)8-11-6-10(11)2/h9-12H,3-8,13H2,1-2H3. The Morgan fingerprint density at radius 2 is 2.00 bits per heavy atom. The fourth-order valence-corrected chi connectivity index (χ4v) is 2.90. The van der Waals surface area contributed by atoms with E-state index >= 15 is 0 Å². The predicted molar refractivity (Wildman–Crippen MR) is 60.1 cm³/mol. The molecule has 2 nitrogen and oxygen atoms in total. The van der Waals surface area contributed by atoms with Crippen molar-refractivity contribution in [2.75, 3.05) is 19.6 Å². The van der Waals surface area contributed by atoms with Gasteiger partial charge in [-0.1, -0.05) is 13.8 Å². The SMILES string of the molecule is CC1CC1CN1CCCC(C)C1CN. The summed E-state index contributed by atoms with van der Waals surface area (Å²) in [7, 11) is 0. The minimum atomic E-state index is 0.663. The number of nitrogens with two attached hydrogens (primary N) is 1. The van der Waals surface area contributed by atoms with Crippen LogP contribution >= 0.6 is 0 Å². The second kappa shape index (κ2) is 4.19. The fraction of sp³-hybridized carbons (Fsp3) is 1.00. The summed E-state index contributed by atoms with van der Waals surface area (Å²) in [6.07, 6.45) is 4.19. The van der Waals surface area contributed by atoms with Gasteiger partial charge in [0.05, 0.1) is 0 Å². The fourth-order valence-electron chi connectivity index (χ4n) is 2.90. The van der Waals surface area contributed by atoms with Gasteiger partial charge in [-0.3, -0.25) is 4.90 Å². The van der Waals surface area contributed by atoms with E-state index in [-0.39, 0.29) is 0 Å². The van der Waals surface area contributed by atoms with Crippen molar-refractivity contribution in [3.8, 4) is 0 Å². The highest BCUT2D eigenvalue weighted by Gasteiger charge is 2.37. The molecule has 0 amide bonds. The van der Waals surface area contributed by atoms with E-state index in [1.807, 2.05) is 0 Å². The summed E-state index contributed by atoms with van der Waals surface area (Å²) in [5.74, 6) is 2.77. The maximum absolute atomic E-state index is 5.87. The van der Waals surface area contributed by atoms with Gasteiger partial charge >= 0.3 is 0 Å². The Morgan fingerprint density at radius 3 is 2.57 bits per heavy atom. The van der Waals surface area contributed by atoms with Crippen LogP contribution in [0.15, 0.2) is 0 Å². The second-order valence-corrected chi connectivity index (χ2v) is 5.39. The minimum Gasteiger partial charge on any atom is -0.329 e. The molecule has 2 N–H and O–H groups in total. The van der Waals surface area contributed by atoms with Crippen LogP contribution in [0.25, 0.3) is 0 Å². The van der Waals surface area contributed by atoms with Gasteiger partial charge in [0.2, 0.25) is 0 Å². The van der Waals surface area contributed by atoms with E-state index in [1.54, 1.807) is 0 Å². The first-order valence-corrected chi connectivity index (χ1v) is 6.16. The first-order valence-electron chi connectivity index (χ1n) is 6.16. The number of nitrogens with zero attached hydrogens (tertiary/aromatic N) is 1. The third-order valence-electron chi connectivity index (χ3n) is 4.22. The highest BCUT2D eigenvalue weighted by molar-refractivity contribution is 4.90. The smallest absolute Gasteiger partial charge is 0.0244 e. The molecule has 2 rings (SSSR count). The average molecular weight is 196 g/mol. The van der Waals surface area contributed by atoms with E-state index in [1.165, 1.54) is 32.4 Å². The van der Waals surface area contributed by atoms with Crippen LogP contribution in [0, 0.1) is 17.8 Å². The summed E-state index contributed by atoms with van der Waals surface area (Å²) in [5, 5.41) is 0. The Hall–Kier alpha value is -0.0800. The van der Waals surface area contributed by atoms with E-state index in [4.69, 9.17) is 5.73 Å². The lowest BCUT2D eigenvalue weighted by Crippen LogP contribution is -2.49. The zero-order valence-electron chi connectivity index (χ0n) is 9.58. The molecule has 0 aromatic rings. The summed E-state index contributed by atoms with van der Waals surface area (Å²) in [6, 6.07) is 0.663. The Bertz CT molecular complexity index is 193. The van der Waals surface area contributed by atoms with Crippen LogP contribution in [-0.2, 0) is 0 Å². The van der Waals surface area contributed by atoms with Crippen LogP contribution in [0.2, 0.25) is 0 Å². The van der Waals surface area contributed by atoms with E-state index in [9.17, 15) is 0 Å². The zero-order chi connectivity index (χ0) is 10.1. The van der Waals surface area contributed by atoms with Crippen molar-refractivity contribution in [3.05, 3.63) is 0 Å². The summed E-state index contributed by atoms with van der Waals surface area (Å²) < 4.78 is 0. The van der Waals surface area contributed by atoms with Crippen molar-refractivity contribution in [3.63, 3.8) is 0 Å². The third kappa shape index (κ3) is 2.12. The van der Waals surface area contributed by atoms with Crippen LogP contribution in [-0.4, -0.2) is 30.6 Å². The Balaban J connectivity index is 1.87. The molecular weight excluding hydrogens is 172 g/mol. The molecule has 1 saturated heterocycles. The van der Waals surface area contributed by atoms with Gasteiger partial charge in [-0.25, -0.2) is 0 Å². The Labute approximate surface area is 87.8 Å². The topological polar surface area (TPSA) is 29.3 Å². The summed E-state index contributed by atoms with van der Waals surface area (Å²) >= 11 is 0. The molecule has 82 valence electrons. The van der Waals surface area contributed by atoms with Gasteiger partial charge in [0, 0.05) is 19.1 Å². The van der Waals surface area contributed by atoms with Gasteiger partial charge in [-0.2, -0.15) is 0 Å². The van der Waals surface area contributed by atoms with Gasteiger partial charge in [0.25, 0.3) is 0 Å². The van der Waals surface area contributed by atoms with Crippen molar-refractivity contribution in [1.82, 2.24) is 4.90 Å². The summed E-state index contributed by atoms with van der Waals surface area (Å²) in [4.78, 5) is 2.66. The second-order valence-electron chi connectivity index (χ2n) is 5.39. The monoisotopic (exact) mass is 196 g/mol. The lowest BCUT2D eigenvalue weighted by atomic mass is 9.90. The molecule has 0 bridgehead atoms. The highest BCUT2D eigenvalue weighted by Crippen LogP contribution is 2.39. The lowest BCUT2D eigenvalue weighted by molar-refractivity contribution is 0.0999. The quantitative estimate of drug-likeness (QED) is 0.744. The number of hydrogen-bond donors (Lipinski definition) is 1. The van der Waals surface area contributed by atoms with E-state index < -0.39 is 0 Å². The van der Waals surface area contributed by atoms with Crippen LogP contribution < -0.4 is 5.73 Å². The van der Waals surface area contributed by atoms with Crippen molar-refractivity contribution in [2.45, 2.75) is 39.2 Å². The normalized spacial score (nSPS) is 43.9. The molecule has 0 aromatic heterocycles. The molecule has 0 aromatic carbocycles. The van der Waals surface area contributed by atoms with Crippen LogP contribution in [0.1, 0.15) is 33.1 Å². The molecule has 2 fully saturated rings. The molecule has 0 radical (unpaired) electrons. The molecule has 0 spiro atoms. The van der Waals surface area contributed by atoms with Crippen molar-refractivity contribution < 1.29 is 0 Å². The van der Waals surface area contributed by atoms with Crippen molar-refractivity contribution >= 4 is 0 Å². The highest BCUT2D eigenvalue weighted by atomic mass is 15.2. The maximum atomic E-state index is 5.87. The first-order chi connectivity index (χ1) is 6.72. The average Bonchev–Trinajstić information content (AvgIpc) is 2.82. The van der Waals surface area contributed by atoms with Gasteiger partial charge < -0.3 is 5.73 Å². The zero-order valence-corrected chi connectivity index (χ0v) is 9.58. The Morgan fingerprint density at radius 1 is 1.29 bits per heavy atom. The number of likely N-dealkylation sites (tertiary alicyclic amines) is 1. The van der Waals surface area contributed by atoms with E-state index in [0.29, 0.717) is 6.04 Å². The third-order valence-corrected chi connectivity index (χ3v) is 4.22. The molecule has 2 aliphatic rings. The van der Waals surface area contributed by atoms with Crippen LogP contribution in [0.3, 0.4) is 0 Å². The summed E-state index contributed by atoms with van der Waals surface area (Å²) in [5.41, 5.74) is 5.87. The molecule has 1 heterocycles. The minimum absolute atomic E-state index is 0.663. The molecule has 1 aliphatic carbocycles. The molecular formula is C12H24N2. The summed E-state index contributed by atoms with van der Waals surface area (Å²) in [6.45, 7) is 8.18. The molecule has 2 heteroatoms. The number of hydrogen-bond acceptors (Lipinski definition) is 2. The van der Waals surface area contributed by atoms with Gasteiger partial charge in [0.1, 0.15) is 0 Å². The molecule has 1 aliphatic heterocycles. The van der Waals surface area contributed by atoms with E-state index in [2.05, 4.69) is 18.7 Å². The van der Waals surface area contributed by atoms with Crippen molar-refractivity contribution in [2.24, 2.45) is 23.5 Å². The number of piperidine rings is 1.